The van der Waals surface area contributed by atoms with E-state index in [1.54, 1.807) is 25.1 Å². The first kappa shape index (κ1) is 19.7. The summed E-state index contributed by atoms with van der Waals surface area (Å²) in [4.78, 5) is 24.3. The lowest BCUT2D eigenvalue weighted by Crippen LogP contribution is -2.35. The summed E-state index contributed by atoms with van der Waals surface area (Å²) in [6.45, 7) is 4.71. The van der Waals surface area contributed by atoms with E-state index in [1.165, 1.54) is 38.1 Å². The number of hydrogen-bond donors (Lipinski definition) is 1. The van der Waals surface area contributed by atoms with Gasteiger partial charge < -0.3 is 14.8 Å². The zero-order valence-corrected chi connectivity index (χ0v) is 15.3. The zero-order chi connectivity index (χ0) is 19.3. The predicted octanol–water partition coefficient (Wildman–Crippen LogP) is 4.13. The fourth-order valence-corrected chi connectivity index (χ4v) is 2.24. The minimum Gasteiger partial charge on any atom is -0.479 e. The third-order valence-electron chi connectivity index (χ3n) is 3.65. The van der Waals surface area contributed by atoms with Crippen molar-refractivity contribution in [2.75, 3.05) is 5.32 Å². The Labute approximate surface area is 156 Å². The molecule has 7 heteroatoms. The first-order chi connectivity index (χ1) is 12.3. The van der Waals surface area contributed by atoms with Crippen molar-refractivity contribution < 1.29 is 23.5 Å². The minimum absolute atomic E-state index is 0.322. The summed E-state index contributed by atoms with van der Waals surface area (Å²) in [6.07, 6.45) is -1.98. The molecule has 0 bridgehead atoms. The number of esters is 1. The van der Waals surface area contributed by atoms with Crippen molar-refractivity contribution in [1.82, 2.24) is 0 Å². The summed E-state index contributed by atoms with van der Waals surface area (Å²) in [5.74, 6) is -1.28. The Bertz CT molecular complexity index is 795. The van der Waals surface area contributed by atoms with Crippen LogP contribution in [0.25, 0.3) is 0 Å². The number of anilines is 1. The third-order valence-corrected chi connectivity index (χ3v) is 4.06. The average Bonchev–Trinajstić information content (AvgIpc) is 2.60. The van der Waals surface area contributed by atoms with Crippen molar-refractivity contribution >= 4 is 29.2 Å². The Morgan fingerprint density at radius 1 is 1.08 bits per heavy atom. The van der Waals surface area contributed by atoms with Crippen molar-refractivity contribution in [2.45, 2.75) is 33.0 Å². The highest BCUT2D eigenvalue weighted by molar-refractivity contribution is 6.31. The SMILES string of the molecule is Cc1c(Cl)cccc1NC(=O)[C@@H](C)OC(=O)[C@@H](C)Oc1ccc(F)cc1. The van der Waals surface area contributed by atoms with E-state index in [4.69, 9.17) is 21.1 Å². The first-order valence-corrected chi connectivity index (χ1v) is 8.34. The molecule has 0 aromatic heterocycles. The second kappa shape index (κ2) is 8.67. The van der Waals surface area contributed by atoms with E-state index in [9.17, 15) is 14.0 Å². The highest BCUT2D eigenvalue weighted by atomic mass is 35.5. The number of rotatable bonds is 6. The molecule has 1 amide bonds. The van der Waals surface area contributed by atoms with Gasteiger partial charge in [-0.1, -0.05) is 17.7 Å². The molecular weight excluding hydrogens is 361 g/mol. The number of nitrogens with one attached hydrogen (secondary N) is 1. The molecule has 2 rings (SSSR count). The van der Waals surface area contributed by atoms with Gasteiger partial charge >= 0.3 is 5.97 Å². The van der Waals surface area contributed by atoms with Gasteiger partial charge in [-0.3, -0.25) is 4.79 Å². The zero-order valence-electron chi connectivity index (χ0n) is 14.6. The average molecular weight is 380 g/mol. The second-order valence-electron chi connectivity index (χ2n) is 5.69. The van der Waals surface area contributed by atoms with Crippen molar-refractivity contribution in [1.29, 1.82) is 0 Å². The molecule has 2 aromatic rings. The molecule has 0 aliphatic rings. The van der Waals surface area contributed by atoms with Gasteiger partial charge in [0.1, 0.15) is 11.6 Å². The quantitative estimate of drug-likeness (QED) is 0.766. The summed E-state index contributed by atoms with van der Waals surface area (Å²) in [6, 6.07) is 10.4. The Balaban J connectivity index is 1.91. The highest BCUT2D eigenvalue weighted by Gasteiger charge is 2.23. The molecule has 0 spiro atoms. The van der Waals surface area contributed by atoms with Crippen LogP contribution in [0.2, 0.25) is 5.02 Å². The molecular formula is C19H19ClFNO4. The molecule has 0 aliphatic heterocycles. The molecule has 0 saturated carbocycles. The van der Waals surface area contributed by atoms with E-state index in [1.807, 2.05) is 0 Å². The largest absolute Gasteiger partial charge is 0.479 e. The topological polar surface area (TPSA) is 64.6 Å². The molecule has 26 heavy (non-hydrogen) atoms. The van der Waals surface area contributed by atoms with Gasteiger partial charge in [-0.2, -0.15) is 0 Å². The number of benzene rings is 2. The lowest BCUT2D eigenvalue weighted by atomic mass is 10.2. The maximum Gasteiger partial charge on any atom is 0.347 e. The van der Waals surface area contributed by atoms with Crippen LogP contribution in [0, 0.1) is 12.7 Å². The van der Waals surface area contributed by atoms with Crippen LogP contribution < -0.4 is 10.1 Å². The molecule has 2 atom stereocenters. The fraction of sp³-hybridized carbons (Fsp3) is 0.263. The van der Waals surface area contributed by atoms with Gasteiger partial charge in [-0.05, 0) is 62.7 Å². The third kappa shape index (κ3) is 5.20. The summed E-state index contributed by atoms with van der Waals surface area (Å²) >= 11 is 6.01. The van der Waals surface area contributed by atoms with Gasteiger partial charge in [0.2, 0.25) is 0 Å². The Morgan fingerprint density at radius 3 is 2.38 bits per heavy atom. The Morgan fingerprint density at radius 2 is 1.73 bits per heavy atom. The van der Waals surface area contributed by atoms with E-state index in [-0.39, 0.29) is 0 Å². The van der Waals surface area contributed by atoms with E-state index >= 15 is 0 Å². The van der Waals surface area contributed by atoms with Gasteiger partial charge in [0.15, 0.2) is 12.2 Å². The van der Waals surface area contributed by atoms with E-state index in [0.29, 0.717) is 22.0 Å². The Kier molecular flexibility index (Phi) is 6.58. The number of amides is 1. The van der Waals surface area contributed by atoms with E-state index < -0.39 is 29.9 Å². The smallest absolute Gasteiger partial charge is 0.347 e. The lowest BCUT2D eigenvalue weighted by molar-refractivity contribution is -0.159. The van der Waals surface area contributed by atoms with Crippen molar-refractivity contribution in [3.05, 3.63) is 58.9 Å². The van der Waals surface area contributed by atoms with Crippen molar-refractivity contribution in [3.63, 3.8) is 0 Å². The van der Waals surface area contributed by atoms with Crippen LogP contribution >= 0.6 is 11.6 Å². The van der Waals surface area contributed by atoms with Crippen LogP contribution in [0.15, 0.2) is 42.5 Å². The summed E-state index contributed by atoms with van der Waals surface area (Å²) in [7, 11) is 0. The first-order valence-electron chi connectivity index (χ1n) is 7.96. The maximum atomic E-state index is 12.9. The molecule has 5 nitrogen and oxygen atoms in total. The molecule has 0 aliphatic carbocycles. The van der Waals surface area contributed by atoms with Gasteiger partial charge in [-0.15, -0.1) is 0 Å². The van der Waals surface area contributed by atoms with Crippen LogP contribution in [0.4, 0.5) is 10.1 Å². The standard InChI is InChI=1S/C19H19ClFNO4/c1-11-16(20)5-4-6-17(11)22-18(23)12(2)26-19(24)13(3)25-15-9-7-14(21)8-10-15/h4-10,12-13H,1-3H3,(H,22,23)/t12-,13-/m1/s1. The molecule has 0 heterocycles. The summed E-state index contributed by atoms with van der Waals surface area (Å²) < 4.78 is 23.4. The monoisotopic (exact) mass is 379 g/mol. The van der Waals surface area contributed by atoms with Gasteiger partial charge in [0.25, 0.3) is 5.91 Å². The Hall–Kier alpha value is -2.60. The summed E-state index contributed by atoms with van der Waals surface area (Å²) in [5.41, 5.74) is 1.26. The van der Waals surface area contributed by atoms with Crippen LogP contribution in [0.5, 0.6) is 5.75 Å². The fourth-order valence-electron chi connectivity index (χ4n) is 2.07. The molecule has 1 N–H and O–H groups in total. The van der Waals surface area contributed by atoms with Crippen LogP contribution in [0.1, 0.15) is 19.4 Å². The van der Waals surface area contributed by atoms with Crippen LogP contribution in [-0.2, 0) is 14.3 Å². The molecule has 2 aromatic carbocycles. The molecule has 0 saturated heterocycles. The van der Waals surface area contributed by atoms with Gasteiger partial charge in [0, 0.05) is 10.7 Å². The van der Waals surface area contributed by atoms with Crippen molar-refractivity contribution in [3.8, 4) is 5.75 Å². The number of carbonyl (C=O) groups is 2. The van der Waals surface area contributed by atoms with E-state index in [2.05, 4.69) is 5.32 Å². The van der Waals surface area contributed by atoms with Gasteiger partial charge in [-0.25, -0.2) is 9.18 Å². The number of ether oxygens (including phenoxy) is 2. The minimum atomic E-state index is -1.03. The predicted molar refractivity (Wildman–Crippen MR) is 96.9 cm³/mol. The lowest BCUT2D eigenvalue weighted by Gasteiger charge is -2.18. The van der Waals surface area contributed by atoms with E-state index in [0.717, 1.165) is 0 Å². The maximum absolute atomic E-state index is 12.9. The van der Waals surface area contributed by atoms with Gasteiger partial charge in [0.05, 0.1) is 0 Å². The number of hydrogen-bond acceptors (Lipinski definition) is 4. The van der Waals surface area contributed by atoms with Crippen LogP contribution in [-0.4, -0.2) is 24.1 Å². The second-order valence-corrected chi connectivity index (χ2v) is 6.10. The molecule has 0 unspecified atom stereocenters. The van der Waals surface area contributed by atoms with Crippen molar-refractivity contribution in [2.24, 2.45) is 0 Å². The number of halogens is 2. The molecule has 0 radical (unpaired) electrons. The number of carbonyl (C=O) groups excluding carboxylic acids is 2. The highest BCUT2D eigenvalue weighted by Crippen LogP contribution is 2.23. The molecule has 0 fully saturated rings. The molecule has 138 valence electrons. The summed E-state index contributed by atoms with van der Waals surface area (Å²) in [5, 5.41) is 3.19. The van der Waals surface area contributed by atoms with Crippen LogP contribution in [0.3, 0.4) is 0 Å². The normalized spacial score (nSPS) is 12.8.